The van der Waals surface area contributed by atoms with Crippen LogP contribution in [-0.4, -0.2) is 44.7 Å². The fraction of sp³-hybridized carbons (Fsp3) is 0.720. The molecule has 5 aliphatic carbocycles. The molecule has 0 saturated heterocycles. The van der Waals surface area contributed by atoms with Gasteiger partial charge in [-0.3, -0.25) is 9.59 Å². The average Bonchev–Trinajstić information content (AvgIpc) is 3.46. The molecular weight excluding hydrogens is 428 g/mol. The summed E-state index contributed by atoms with van der Waals surface area (Å²) in [5.74, 6) is 1.47. The number of allylic oxidation sites excluding steroid dienone is 4. The van der Waals surface area contributed by atoms with E-state index >= 15 is 0 Å². The molecule has 9 atom stereocenters. The standard InChI is InChI=1S/C25H32O6S/c1-13(26)32-19-11-14-10-15(27)4-6-23(14,2)17-5-7-24(3)21(20(17)19)16-12-18(16)25(24,30)8-9-31-22(28)29/h4,6,10,16-21,30H,5,7-9,11-12H2,1-3H3,(H,28,29)/t16-,17+,18+,19-,20+,21+,23+,24+,25+/m1/s1. The minimum atomic E-state index is -1.31. The number of carboxylic acid groups (broad SMARTS) is 1. The molecule has 0 unspecified atom stereocenters. The van der Waals surface area contributed by atoms with E-state index < -0.39 is 11.8 Å². The third-order valence-electron chi connectivity index (χ3n) is 9.74. The molecule has 4 fully saturated rings. The summed E-state index contributed by atoms with van der Waals surface area (Å²) >= 11 is 1.41. The second-order valence-corrected chi connectivity index (χ2v) is 12.4. The summed E-state index contributed by atoms with van der Waals surface area (Å²) < 4.78 is 4.80. The van der Waals surface area contributed by atoms with Gasteiger partial charge in [0, 0.05) is 29.4 Å². The number of aliphatic hydroxyl groups is 1. The van der Waals surface area contributed by atoms with Crippen LogP contribution in [0.25, 0.3) is 0 Å². The highest BCUT2D eigenvalue weighted by Crippen LogP contribution is 2.77. The molecule has 0 aliphatic heterocycles. The molecule has 0 bridgehead atoms. The van der Waals surface area contributed by atoms with Gasteiger partial charge in [-0.25, -0.2) is 4.79 Å². The molecule has 0 radical (unpaired) electrons. The molecule has 7 heteroatoms. The first kappa shape index (κ1) is 22.2. The van der Waals surface area contributed by atoms with Crippen molar-refractivity contribution in [3.8, 4) is 0 Å². The fourth-order valence-electron chi connectivity index (χ4n) is 8.36. The van der Waals surface area contributed by atoms with E-state index in [1.54, 1.807) is 19.1 Å². The van der Waals surface area contributed by atoms with Crippen molar-refractivity contribution in [1.29, 1.82) is 0 Å². The number of ether oxygens (including phenoxy) is 1. The van der Waals surface area contributed by atoms with Gasteiger partial charge in [-0.15, -0.1) is 0 Å². The molecule has 0 aromatic rings. The lowest BCUT2D eigenvalue weighted by Crippen LogP contribution is -2.59. The van der Waals surface area contributed by atoms with Crippen molar-refractivity contribution in [2.24, 2.45) is 40.4 Å². The minimum absolute atomic E-state index is 0.00648. The lowest BCUT2D eigenvalue weighted by atomic mass is 9.46. The van der Waals surface area contributed by atoms with Crippen LogP contribution in [0.15, 0.2) is 23.8 Å². The van der Waals surface area contributed by atoms with Gasteiger partial charge in [-0.2, -0.15) is 0 Å². The Balaban J connectivity index is 1.52. The molecule has 0 heterocycles. The molecule has 5 rings (SSSR count). The molecular formula is C25H32O6S. The van der Waals surface area contributed by atoms with E-state index in [0.29, 0.717) is 18.3 Å². The normalized spacial score (nSPS) is 48.1. The van der Waals surface area contributed by atoms with Gasteiger partial charge in [0.15, 0.2) is 10.9 Å². The Hall–Kier alpha value is -1.60. The molecule has 0 aromatic carbocycles. The first-order valence-electron chi connectivity index (χ1n) is 11.7. The fourth-order valence-corrected chi connectivity index (χ4v) is 9.56. The van der Waals surface area contributed by atoms with Crippen molar-refractivity contribution in [3.63, 3.8) is 0 Å². The van der Waals surface area contributed by atoms with Gasteiger partial charge < -0.3 is 14.9 Å². The van der Waals surface area contributed by atoms with Crippen LogP contribution in [0.2, 0.25) is 0 Å². The van der Waals surface area contributed by atoms with E-state index in [1.807, 2.05) is 0 Å². The second-order valence-electron chi connectivity index (χ2n) is 11.0. The summed E-state index contributed by atoms with van der Waals surface area (Å²) in [7, 11) is 0. The van der Waals surface area contributed by atoms with Crippen LogP contribution in [0.4, 0.5) is 4.79 Å². The second kappa shape index (κ2) is 7.20. The van der Waals surface area contributed by atoms with Crippen molar-refractivity contribution in [3.05, 3.63) is 23.8 Å². The number of thioether (sulfide) groups is 1. The van der Waals surface area contributed by atoms with E-state index in [-0.39, 0.29) is 51.3 Å². The van der Waals surface area contributed by atoms with Crippen LogP contribution in [-0.2, 0) is 14.3 Å². The number of fused-ring (bicyclic) bond motifs is 7. The van der Waals surface area contributed by atoms with Crippen LogP contribution < -0.4 is 0 Å². The number of carbonyl (C=O) groups excluding carboxylic acids is 2. The van der Waals surface area contributed by atoms with Crippen molar-refractivity contribution in [1.82, 2.24) is 0 Å². The zero-order valence-corrected chi connectivity index (χ0v) is 19.7. The van der Waals surface area contributed by atoms with Crippen molar-refractivity contribution in [2.45, 2.75) is 63.7 Å². The maximum atomic E-state index is 12.2. The molecule has 2 N–H and O–H groups in total. The highest BCUT2D eigenvalue weighted by molar-refractivity contribution is 8.14. The summed E-state index contributed by atoms with van der Waals surface area (Å²) in [4.78, 5) is 35.3. The summed E-state index contributed by atoms with van der Waals surface area (Å²) in [6, 6.07) is 0. The number of ketones is 1. The zero-order valence-electron chi connectivity index (χ0n) is 18.9. The highest BCUT2D eigenvalue weighted by Gasteiger charge is 2.76. The summed E-state index contributed by atoms with van der Waals surface area (Å²) in [6.45, 7) is 6.05. The Morgan fingerprint density at radius 3 is 2.72 bits per heavy atom. The third-order valence-corrected chi connectivity index (χ3v) is 10.9. The lowest BCUT2D eigenvalue weighted by molar-refractivity contribution is -0.149. The molecule has 0 amide bonds. The lowest BCUT2D eigenvalue weighted by Gasteiger charge is -2.61. The molecule has 174 valence electrons. The summed E-state index contributed by atoms with van der Waals surface area (Å²) in [6.07, 6.45) is 8.05. The molecule has 4 saturated carbocycles. The van der Waals surface area contributed by atoms with E-state index in [0.717, 1.165) is 31.3 Å². The predicted octanol–water partition coefficient (Wildman–Crippen LogP) is 4.22. The van der Waals surface area contributed by atoms with Gasteiger partial charge in [-0.05, 0) is 67.4 Å². The van der Waals surface area contributed by atoms with Gasteiger partial charge in [-0.1, -0.05) is 37.3 Å². The Morgan fingerprint density at radius 1 is 1.28 bits per heavy atom. The number of hydrogen-bond acceptors (Lipinski definition) is 6. The maximum absolute atomic E-state index is 12.2. The molecule has 32 heavy (non-hydrogen) atoms. The van der Waals surface area contributed by atoms with E-state index in [4.69, 9.17) is 9.84 Å². The molecule has 6 nitrogen and oxygen atoms in total. The summed E-state index contributed by atoms with van der Waals surface area (Å²) in [5, 5.41) is 21.0. The van der Waals surface area contributed by atoms with Crippen LogP contribution in [0.3, 0.4) is 0 Å². The van der Waals surface area contributed by atoms with Crippen molar-refractivity contribution in [2.75, 3.05) is 6.61 Å². The van der Waals surface area contributed by atoms with Crippen LogP contribution in [0, 0.1) is 40.4 Å². The Bertz CT molecular complexity index is 941. The third kappa shape index (κ3) is 2.99. The Kier molecular flexibility index (Phi) is 4.99. The van der Waals surface area contributed by atoms with Crippen LogP contribution in [0.1, 0.15) is 52.9 Å². The molecule has 5 aliphatic rings. The smallest absolute Gasteiger partial charge is 0.450 e. The zero-order chi connectivity index (χ0) is 23.1. The number of carbonyl (C=O) groups is 3. The number of hydrogen-bond donors (Lipinski definition) is 2. The highest BCUT2D eigenvalue weighted by atomic mass is 32.2. The first-order valence-corrected chi connectivity index (χ1v) is 12.6. The number of rotatable bonds is 4. The topological polar surface area (TPSA) is 101 Å². The van der Waals surface area contributed by atoms with Crippen molar-refractivity contribution < 1.29 is 29.3 Å². The van der Waals surface area contributed by atoms with Gasteiger partial charge in [0.1, 0.15) is 0 Å². The molecule has 0 spiro atoms. The largest absolute Gasteiger partial charge is 0.505 e. The van der Waals surface area contributed by atoms with E-state index in [9.17, 15) is 19.5 Å². The summed E-state index contributed by atoms with van der Waals surface area (Å²) in [5.41, 5.74) is -0.316. The van der Waals surface area contributed by atoms with Crippen LogP contribution in [0.5, 0.6) is 0 Å². The van der Waals surface area contributed by atoms with Gasteiger partial charge in [0.2, 0.25) is 0 Å². The van der Waals surface area contributed by atoms with Gasteiger partial charge >= 0.3 is 6.16 Å². The predicted molar refractivity (Wildman–Crippen MR) is 120 cm³/mol. The molecule has 0 aromatic heterocycles. The minimum Gasteiger partial charge on any atom is -0.450 e. The van der Waals surface area contributed by atoms with Crippen LogP contribution >= 0.6 is 11.8 Å². The monoisotopic (exact) mass is 460 g/mol. The Morgan fingerprint density at radius 2 is 2.03 bits per heavy atom. The van der Waals surface area contributed by atoms with Crippen molar-refractivity contribution >= 4 is 28.8 Å². The van der Waals surface area contributed by atoms with Gasteiger partial charge in [0.05, 0.1) is 12.2 Å². The SMILES string of the molecule is CC(=O)S[C@@H]1CC2=CC(=O)C=C[C@]2(C)[C@H]2CC[C@@]3(C)[C@@H]([C@@H]4C[C@@H]4[C@@]3(O)CCOC(=O)O)[C@H]12. The van der Waals surface area contributed by atoms with E-state index in [2.05, 4.69) is 19.9 Å². The Labute approximate surface area is 192 Å². The maximum Gasteiger partial charge on any atom is 0.505 e. The average molecular weight is 461 g/mol. The first-order chi connectivity index (χ1) is 15.0. The van der Waals surface area contributed by atoms with Gasteiger partial charge in [0.25, 0.3) is 0 Å². The quantitative estimate of drug-likeness (QED) is 0.606. The van der Waals surface area contributed by atoms with E-state index in [1.165, 1.54) is 11.8 Å².